The van der Waals surface area contributed by atoms with E-state index >= 15 is 0 Å². The lowest BCUT2D eigenvalue weighted by Gasteiger charge is -2.03. The summed E-state index contributed by atoms with van der Waals surface area (Å²) >= 11 is 0. The monoisotopic (exact) mass is 244 g/mol. The van der Waals surface area contributed by atoms with Crippen molar-refractivity contribution in [3.8, 4) is 11.1 Å². The van der Waals surface area contributed by atoms with Crippen molar-refractivity contribution < 1.29 is 0 Å². The van der Waals surface area contributed by atoms with E-state index in [4.69, 9.17) is 0 Å². The van der Waals surface area contributed by atoms with E-state index < -0.39 is 0 Å². The molecule has 0 bridgehead atoms. The van der Waals surface area contributed by atoms with E-state index in [2.05, 4.69) is 58.2 Å². The quantitative estimate of drug-likeness (QED) is 0.491. The minimum absolute atomic E-state index is 1.18. The molecule has 3 aromatic heterocycles. The van der Waals surface area contributed by atoms with Crippen molar-refractivity contribution in [3.63, 3.8) is 0 Å². The van der Waals surface area contributed by atoms with Gasteiger partial charge in [0.15, 0.2) is 0 Å². The SMILES string of the molecule is c1ccn2ccc(-c3ccc4ccncc4c3)c2c1. The fourth-order valence-electron chi connectivity index (χ4n) is 2.55. The van der Waals surface area contributed by atoms with E-state index in [9.17, 15) is 0 Å². The van der Waals surface area contributed by atoms with E-state index in [1.54, 1.807) is 0 Å². The number of aromatic nitrogens is 2. The minimum Gasteiger partial charge on any atom is -0.323 e. The van der Waals surface area contributed by atoms with Crippen LogP contribution in [-0.2, 0) is 0 Å². The Balaban J connectivity index is 1.99. The summed E-state index contributed by atoms with van der Waals surface area (Å²) in [7, 11) is 0. The van der Waals surface area contributed by atoms with E-state index in [0.29, 0.717) is 0 Å². The van der Waals surface area contributed by atoms with Gasteiger partial charge in [0.25, 0.3) is 0 Å². The highest BCUT2D eigenvalue weighted by Crippen LogP contribution is 2.28. The van der Waals surface area contributed by atoms with Crippen molar-refractivity contribution in [1.29, 1.82) is 0 Å². The molecule has 0 saturated heterocycles. The molecule has 1 aromatic carbocycles. The zero-order valence-electron chi connectivity index (χ0n) is 10.3. The van der Waals surface area contributed by atoms with Crippen LogP contribution in [0.25, 0.3) is 27.4 Å². The van der Waals surface area contributed by atoms with Crippen molar-refractivity contribution >= 4 is 16.3 Å². The van der Waals surface area contributed by atoms with Gasteiger partial charge in [-0.15, -0.1) is 0 Å². The molecule has 0 aliphatic rings. The Bertz CT molecular complexity index is 874. The Morgan fingerprint density at radius 1 is 0.842 bits per heavy atom. The number of pyridine rings is 2. The zero-order chi connectivity index (χ0) is 12.7. The number of fused-ring (bicyclic) bond motifs is 2. The third-order valence-corrected chi connectivity index (χ3v) is 3.52. The summed E-state index contributed by atoms with van der Waals surface area (Å²) in [5.74, 6) is 0. The fraction of sp³-hybridized carbons (Fsp3) is 0. The molecule has 0 atom stereocenters. The summed E-state index contributed by atoms with van der Waals surface area (Å²) in [5, 5.41) is 2.40. The second-order valence-corrected chi connectivity index (χ2v) is 4.66. The lowest BCUT2D eigenvalue weighted by molar-refractivity contribution is 1.20. The van der Waals surface area contributed by atoms with Gasteiger partial charge in [0.05, 0.1) is 5.52 Å². The zero-order valence-corrected chi connectivity index (χ0v) is 10.3. The van der Waals surface area contributed by atoms with E-state index in [1.807, 2.05) is 24.5 Å². The first kappa shape index (κ1) is 10.3. The molecule has 0 spiro atoms. The smallest absolute Gasteiger partial charge is 0.0528 e. The van der Waals surface area contributed by atoms with Crippen LogP contribution in [0.3, 0.4) is 0 Å². The molecule has 0 saturated carbocycles. The van der Waals surface area contributed by atoms with Gasteiger partial charge >= 0.3 is 0 Å². The van der Waals surface area contributed by atoms with Crippen molar-refractivity contribution in [1.82, 2.24) is 9.38 Å². The van der Waals surface area contributed by atoms with Gasteiger partial charge in [-0.1, -0.05) is 18.2 Å². The second-order valence-electron chi connectivity index (χ2n) is 4.66. The molecule has 0 radical (unpaired) electrons. The van der Waals surface area contributed by atoms with E-state index in [1.165, 1.54) is 27.4 Å². The highest BCUT2D eigenvalue weighted by molar-refractivity contribution is 5.90. The Hall–Kier alpha value is -2.61. The number of rotatable bonds is 1. The molecule has 19 heavy (non-hydrogen) atoms. The van der Waals surface area contributed by atoms with E-state index in [-0.39, 0.29) is 0 Å². The lowest BCUT2D eigenvalue weighted by Crippen LogP contribution is -1.82. The predicted molar refractivity (Wildman–Crippen MR) is 78.1 cm³/mol. The summed E-state index contributed by atoms with van der Waals surface area (Å²) in [6, 6.07) is 17.0. The Morgan fingerprint density at radius 2 is 1.84 bits per heavy atom. The van der Waals surface area contributed by atoms with E-state index in [0.717, 1.165) is 0 Å². The lowest BCUT2D eigenvalue weighted by atomic mass is 10.0. The molecule has 3 heterocycles. The number of hydrogen-bond donors (Lipinski definition) is 0. The molecule has 0 fully saturated rings. The topological polar surface area (TPSA) is 17.3 Å². The van der Waals surface area contributed by atoms with Gasteiger partial charge < -0.3 is 4.40 Å². The second kappa shape index (κ2) is 3.95. The van der Waals surface area contributed by atoms with Crippen LogP contribution in [-0.4, -0.2) is 9.38 Å². The van der Waals surface area contributed by atoms with Crippen molar-refractivity contribution in [2.24, 2.45) is 0 Å². The van der Waals surface area contributed by atoms with Gasteiger partial charge in [0.1, 0.15) is 0 Å². The molecule has 0 aliphatic heterocycles. The van der Waals surface area contributed by atoms with Gasteiger partial charge in [-0.2, -0.15) is 0 Å². The third kappa shape index (κ3) is 1.61. The summed E-state index contributed by atoms with van der Waals surface area (Å²) < 4.78 is 2.14. The Kier molecular flexibility index (Phi) is 2.15. The summed E-state index contributed by atoms with van der Waals surface area (Å²) in [4.78, 5) is 4.19. The van der Waals surface area contributed by atoms with Crippen LogP contribution in [0.5, 0.6) is 0 Å². The molecule has 4 rings (SSSR count). The largest absolute Gasteiger partial charge is 0.323 e. The van der Waals surface area contributed by atoms with Gasteiger partial charge in [0.2, 0.25) is 0 Å². The normalized spacial score (nSPS) is 11.2. The van der Waals surface area contributed by atoms with Crippen molar-refractivity contribution in [2.45, 2.75) is 0 Å². The standard InChI is InChI=1S/C17H12N2/c1-2-9-19-10-7-16(17(19)3-1)14-5-4-13-6-8-18-12-15(13)11-14/h1-12H. The van der Waals surface area contributed by atoms with Gasteiger partial charge in [-0.25, -0.2) is 0 Å². The number of benzene rings is 1. The summed E-state index contributed by atoms with van der Waals surface area (Å²) in [5.41, 5.74) is 3.71. The molecular formula is C17H12N2. The highest BCUT2D eigenvalue weighted by atomic mass is 14.8. The molecular weight excluding hydrogens is 232 g/mol. The minimum atomic E-state index is 1.18. The molecule has 2 nitrogen and oxygen atoms in total. The van der Waals surface area contributed by atoms with Crippen LogP contribution in [0.4, 0.5) is 0 Å². The van der Waals surface area contributed by atoms with Crippen molar-refractivity contribution in [2.75, 3.05) is 0 Å². The number of nitrogens with zero attached hydrogens (tertiary/aromatic N) is 2. The molecule has 0 N–H and O–H groups in total. The average molecular weight is 244 g/mol. The molecule has 0 amide bonds. The first-order chi connectivity index (χ1) is 9.42. The molecule has 0 unspecified atom stereocenters. The molecule has 90 valence electrons. The molecule has 4 aromatic rings. The third-order valence-electron chi connectivity index (χ3n) is 3.52. The van der Waals surface area contributed by atoms with Crippen LogP contribution in [0.2, 0.25) is 0 Å². The molecule has 2 heteroatoms. The predicted octanol–water partition coefficient (Wildman–Crippen LogP) is 4.15. The van der Waals surface area contributed by atoms with Gasteiger partial charge in [0, 0.05) is 35.7 Å². The van der Waals surface area contributed by atoms with Crippen LogP contribution >= 0.6 is 0 Å². The fourth-order valence-corrected chi connectivity index (χ4v) is 2.55. The number of hydrogen-bond acceptors (Lipinski definition) is 1. The maximum absolute atomic E-state index is 4.19. The first-order valence-electron chi connectivity index (χ1n) is 6.32. The van der Waals surface area contributed by atoms with Crippen LogP contribution in [0, 0.1) is 0 Å². The average Bonchev–Trinajstić information content (AvgIpc) is 2.91. The highest BCUT2D eigenvalue weighted by Gasteiger charge is 2.05. The summed E-state index contributed by atoms with van der Waals surface area (Å²) in [6.45, 7) is 0. The first-order valence-corrected chi connectivity index (χ1v) is 6.32. The Labute approximate surface area is 111 Å². The molecule has 0 aliphatic carbocycles. The van der Waals surface area contributed by atoms with Crippen molar-refractivity contribution in [3.05, 3.63) is 73.3 Å². The van der Waals surface area contributed by atoms with Crippen LogP contribution in [0.15, 0.2) is 73.3 Å². The van der Waals surface area contributed by atoms with Gasteiger partial charge in [-0.3, -0.25) is 4.98 Å². The summed E-state index contributed by atoms with van der Waals surface area (Å²) in [6.07, 6.45) is 7.91. The Morgan fingerprint density at radius 3 is 2.84 bits per heavy atom. The van der Waals surface area contributed by atoms with Crippen LogP contribution in [0.1, 0.15) is 0 Å². The van der Waals surface area contributed by atoms with Crippen LogP contribution < -0.4 is 0 Å². The van der Waals surface area contributed by atoms with Gasteiger partial charge in [-0.05, 0) is 41.3 Å². The maximum Gasteiger partial charge on any atom is 0.0528 e. The maximum atomic E-state index is 4.19.